The lowest BCUT2D eigenvalue weighted by molar-refractivity contribution is -0.124. The molecule has 0 atom stereocenters. The minimum Gasteiger partial charge on any atom is -0.388 e. The molecule has 0 aromatic heterocycles. The zero-order valence-electron chi connectivity index (χ0n) is 14.0. The van der Waals surface area contributed by atoms with Crippen LogP contribution < -0.4 is 10.6 Å². The van der Waals surface area contributed by atoms with Gasteiger partial charge in [0.25, 0.3) is 11.1 Å². The molecule has 3 amide bonds. The number of anilines is 1. The highest BCUT2D eigenvalue weighted by molar-refractivity contribution is 8.14. The Bertz CT molecular complexity index is 767. The third-order valence-corrected chi connectivity index (χ3v) is 4.64. The van der Waals surface area contributed by atoms with Gasteiger partial charge in [0.1, 0.15) is 11.6 Å². The molecule has 2 rings (SSSR count). The lowest BCUT2D eigenvalue weighted by atomic mass is 10.1. The Kier molecular flexibility index (Phi) is 6.19. The molecule has 7 nitrogen and oxygen atoms in total. The lowest BCUT2D eigenvalue weighted by Gasteiger charge is -2.12. The molecule has 1 fully saturated rings. The van der Waals surface area contributed by atoms with Crippen molar-refractivity contribution in [2.45, 2.75) is 13.8 Å². The van der Waals surface area contributed by atoms with E-state index in [1.807, 2.05) is 32.0 Å². The van der Waals surface area contributed by atoms with Gasteiger partial charge < -0.3 is 10.6 Å². The van der Waals surface area contributed by atoms with Crippen LogP contribution in [0.3, 0.4) is 0 Å². The van der Waals surface area contributed by atoms with Gasteiger partial charge in [-0.25, -0.2) is 0 Å². The van der Waals surface area contributed by atoms with Crippen LogP contribution in [0, 0.1) is 25.2 Å². The third-order valence-electron chi connectivity index (χ3n) is 3.78. The minimum absolute atomic E-state index is 0.0886. The first kappa shape index (κ1) is 18.5. The van der Waals surface area contributed by atoms with Crippen LogP contribution in [0.4, 0.5) is 10.5 Å². The highest BCUT2D eigenvalue weighted by atomic mass is 32.2. The van der Waals surface area contributed by atoms with Gasteiger partial charge in [-0.05, 0) is 31.0 Å². The average molecular weight is 358 g/mol. The van der Waals surface area contributed by atoms with Gasteiger partial charge in [-0.1, -0.05) is 23.9 Å². The quantitative estimate of drug-likeness (QED) is 0.458. The smallest absolute Gasteiger partial charge is 0.288 e. The van der Waals surface area contributed by atoms with Crippen molar-refractivity contribution in [1.29, 1.82) is 5.26 Å². The highest BCUT2D eigenvalue weighted by Gasteiger charge is 2.28. The summed E-state index contributed by atoms with van der Waals surface area (Å²) in [6.07, 6.45) is 1.29. The maximum atomic E-state index is 12.2. The van der Waals surface area contributed by atoms with Gasteiger partial charge in [0, 0.05) is 25.0 Å². The van der Waals surface area contributed by atoms with Crippen molar-refractivity contribution in [3.05, 3.63) is 41.1 Å². The number of hydrogen-bond donors (Lipinski definition) is 2. The standard InChI is InChI=1S/C17H18N4O3S/c1-11-4-3-5-14(12(11)2)20-16(23)13(8-18)9-19-6-7-21-15(22)10-25-17(21)24/h3-5,9,19H,6-7,10H2,1-2H3,(H,20,23)/b13-9-. The fraction of sp³-hybridized carbons (Fsp3) is 0.294. The van der Waals surface area contributed by atoms with E-state index in [9.17, 15) is 14.4 Å². The lowest BCUT2D eigenvalue weighted by Crippen LogP contribution is -2.34. The molecule has 0 saturated carbocycles. The number of thioether (sulfide) groups is 1. The average Bonchev–Trinajstić information content (AvgIpc) is 2.90. The van der Waals surface area contributed by atoms with Crippen LogP contribution in [0.1, 0.15) is 11.1 Å². The van der Waals surface area contributed by atoms with Crippen LogP contribution in [0.25, 0.3) is 0 Å². The number of imide groups is 1. The zero-order valence-corrected chi connectivity index (χ0v) is 14.8. The SMILES string of the molecule is Cc1cccc(NC(=O)/C(C#N)=C\NCCN2C(=O)CSC2=O)c1C. The van der Waals surface area contributed by atoms with Crippen molar-refractivity contribution in [3.8, 4) is 6.07 Å². The zero-order chi connectivity index (χ0) is 18.4. The maximum Gasteiger partial charge on any atom is 0.288 e. The topological polar surface area (TPSA) is 102 Å². The van der Waals surface area contributed by atoms with E-state index in [2.05, 4.69) is 10.6 Å². The summed E-state index contributed by atoms with van der Waals surface area (Å²) < 4.78 is 0. The molecule has 0 aliphatic carbocycles. The van der Waals surface area contributed by atoms with Gasteiger partial charge in [-0.15, -0.1) is 0 Å². The Morgan fingerprint density at radius 3 is 2.80 bits per heavy atom. The van der Waals surface area contributed by atoms with Crippen LogP contribution in [0.2, 0.25) is 0 Å². The number of carbonyl (C=O) groups is 3. The summed E-state index contributed by atoms with van der Waals surface area (Å²) in [5, 5.41) is 14.4. The second kappa shape index (κ2) is 8.35. The fourth-order valence-corrected chi connectivity index (χ4v) is 2.92. The number of aryl methyl sites for hydroxylation is 1. The van der Waals surface area contributed by atoms with E-state index in [0.29, 0.717) is 5.69 Å². The van der Waals surface area contributed by atoms with Crippen molar-refractivity contribution >= 4 is 34.5 Å². The molecule has 1 heterocycles. The number of amides is 3. The Hall–Kier alpha value is -2.79. The fourth-order valence-electron chi connectivity index (χ4n) is 2.17. The van der Waals surface area contributed by atoms with Gasteiger partial charge in [-0.3, -0.25) is 19.3 Å². The first-order valence-electron chi connectivity index (χ1n) is 7.62. The predicted octanol–water partition coefficient (Wildman–Crippen LogP) is 1.93. The third kappa shape index (κ3) is 4.61. The van der Waals surface area contributed by atoms with Gasteiger partial charge in [-0.2, -0.15) is 5.26 Å². The second-order valence-electron chi connectivity index (χ2n) is 5.43. The number of rotatable bonds is 6. The highest BCUT2D eigenvalue weighted by Crippen LogP contribution is 2.19. The van der Waals surface area contributed by atoms with Crippen LogP contribution in [-0.4, -0.2) is 40.8 Å². The number of nitrogens with one attached hydrogen (secondary N) is 2. The maximum absolute atomic E-state index is 12.2. The van der Waals surface area contributed by atoms with Crippen molar-refractivity contribution in [3.63, 3.8) is 0 Å². The first-order valence-corrected chi connectivity index (χ1v) is 8.61. The van der Waals surface area contributed by atoms with E-state index < -0.39 is 5.91 Å². The number of nitrogens with zero attached hydrogens (tertiary/aromatic N) is 2. The second-order valence-corrected chi connectivity index (χ2v) is 6.35. The predicted molar refractivity (Wildman–Crippen MR) is 95.8 cm³/mol. The Morgan fingerprint density at radius 2 is 2.16 bits per heavy atom. The molecule has 0 unspecified atom stereocenters. The van der Waals surface area contributed by atoms with Gasteiger partial charge in [0.2, 0.25) is 5.91 Å². The number of nitriles is 1. The monoisotopic (exact) mass is 358 g/mol. The van der Waals surface area contributed by atoms with E-state index >= 15 is 0 Å². The molecule has 1 aliphatic heterocycles. The van der Waals surface area contributed by atoms with Crippen LogP contribution in [0.15, 0.2) is 30.0 Å². The molecule has 0 spiro atoms. The van der Waals surface area contributed by atoms with E-state index in [-0.39, 0.29) is 35.6 Å². The summed E-state index contributed by atoms with van der Waals surface area (Å²) >= 11 is 0.969. The number of benzene rings is 1. The van der Waals surface area contributed by atoms with Gasteiger partial charge in [0.15, 0.2) is 0 Å². The van der Waals surface area contributed by atoms with Gasteiger partial charge in [0.05, 0.1) is 5.75 Å². The summed E-state index contributed by atoms with van der Waals surface area (Å²) in [6, 6.07) is 7.37. The molecular weight excluding hydrogens is 340 g/mol. The summed E-state index contributed by atoms with van der Waals surface area (Å²) in [5.74, 6) is -0.586. The molecule has 1 aromatic rings. The van der Waals surface area contributed by atoms with Crippen LogP contribution in [0.5, 0.6) is 0 Å². The molecule has 0 radical (unpaired) electrons. The van der Waals surface area contributed by atoms with Crippen molar-refractivity contribution in [2.24, 2.45) is 0 Å². The molecule has 1 saturated heterocycles. The van der Waals surface area contributed by atoms with Crippen LogP contribution in [-0.2, 0) is 9.59 Å². The summed E-state index contributed by atoms with van der Waals surface area (Å²) in [5.41, 5.74) is 2.53. The van der Waals surface area contributed by atoms with E-state index in [1.54, 1.807) is 6.07 Å². The Balaban J connectivity index is 1.92. The van der Waals surface area contributed by atoms with Crippen molar-refractivity contribution in [1.82, 2.24) is 10.2 Å². The Morgan fingerprint density at radius 1 is 1.40 bits per heavy atom. The first-order chi connectivity index (χ1) is 11.9. The molecular formula is C17H18N4O3S. The van der Waals surface area contributed by atoms with Crippen molar-refractivity contribution in [2.75, 3.05) is 24.2 Å². The normalized spacial score (nSPS) is 14.4. The van der Waals surface area contributed by atoms with E-state index in [0.717, 1.165) is 27.8 Å². The molecule has 130 valence electrons. The van der Waals surface area contributed by atoms with Crippen LogP contribution >= 0.6 is 11.8 Å². The number of hydrogen-bond acceptors (Lipinski definition) is 6. The molecule has 1 aromatic carbocycles. The summed E-state index contributed by atoms with van der Waals surface area (Å²) in [4.78, 5) is 36.3. The van der Waals surface area contributed by atoms with E-state index in [1.165, 1.54) is 6.20 Å². The number of carbonyl (C=O) groups excluding carboxylic acids is 3. The summed E-state index contributed by atoms with van der Waals surface area (Å²) in [6.45, 7) is 4.28. The Labute approximate surface area is 150 Å². The minimum atomic E-state index is -0.521. The molecule has 8 heteroatoms. The molecule has 2 N–H and O–H groups in total. The molecule has 25 heavy (non-hydrogen) atoms. The summed E-state index contributed by atoms with van der Waals surface area (Å²) in [7, 11) is 0. The molecule has 1 aliphatic rings. The largest absolute Gasteiger partial charge is 0.388 e. The molecule has 0 bridgehead atoms. The van der Waals surface area contributed by atoms with E-state index in [4.69, 9.17) is 5.26 Å². The van der Waals surface area contributed by atoms with Crippen molar-refractivity contribution < 1.29 is 14.4 Å². The van der Waals surface area contributed by atoms with Gasteiger partial charge >= 0.3 is 0 Å².